The number of rotatable bonds is 5. The van der Waals surface area contributed by atoms with Gasteiger partial charge in [0.25, 0.3) is 0 Å². The van der Waals surface area contributed by atoms with Crippen LogP contribution in [0.3, 0.4) is 0 Å². The fourth-order valence-corrected chi connectivity index (χ4v) is 0.918. The molecule has 0 saturated heterocycles. The van der Waals surface area contributed by atoms with Gasteiger partial charge >= 0.3 is 5.97 Å². The molecule has 0 aromatic heterocycles. The van der Waals surface area contributed by atoms with E-state index in [1.165, 1.54) is 32.1 Å². The highest BCUT2D eigenvalue weighted by molar-refractivity contribution is 5.88. The maximum atomic E-state index is 10.8. The first-order valence-electron chi connectivity index (χ1n) is 4.11. The molecule has 6 nitrogen and oxygen atoms in total. The van der Waals surface area contributed by atoms with E-state index >= 15 is 0 Å². The minimum atomic E-state index is -1.21. The molecule has 0 aliphatic rings. The van der Waals surface area contributed by atoms with Crippen LogP contribution >= 0.6 is 0 Å². The zero-order valence-electron chi connectivity index (χ0n) is 8.30. The molecule has 0 saturated carbocycles. The number of carboxylic acids is 1. The van der Waals surface area contributed by atoms with Crippen molar-refractivity contribution in [1.29, 1.82) is 0 Å². The molecule has 0 heterocycles. The van der Waals surface area contributed by atoms with Crippen LogP contribution in [-0.4, -0.2) is 35.3 Å². The predicted molar refractivity (Wildman–Crippen MR) is 50.9 cm³/mol. The molecular weight excluding hydrogens is 200 g/mol. The van der Waals surface area contributed by atoms with E-state index in [9.17, 15) is 14.4 Å². The number of aliphatic imine (C=N–C) groups is 2. The van der Waals surface area contributed by atoms with Crippen LogP contribution in [0, 0.1) is 0 Å². The first-order valence-corrected chi connectivity index (χ1v) is 4.11. The van der Waals surface area contributed by atoms with E-state index in [-0.39, 0.29) is 5.57 Å². The van der Waals surface area contributed by atoms with Crippen LogP contribution in [0.25, 0.3) is 0 Å². The molecule has 0 bridgehead atoms. The summed E-state index contributed by atoms with van der Waals surface area (Å²) < 4.78 is 0. The Morgan fingerprint density at radius 2 is 1.80 bits per heavy atom. The quantitative estimate of drug-likeness (QED) is 0.404. The van der Waals surface area contributed by atoms with Gasteiger partial charge < -0.3 is 5.11 Å². The lowest BCUT2D eigenvalue weighted by molar-refractivity contribution is -0.132. The smallest absolute Gasteiger partial charge is 0.333 e. The third-order valence-electron chi connectivity index (χ3n) is 1.62. The summed E-state index contributed by atoms with van der Waals surface area (Å²) in [7, 11) is 0. The molecule has 0 aromatic rings. The maximum Gasteiger partial charge on any atom is 0.333 e. The zero-order chi connectivity index (χ0) is 11.8. The molecule has 2 unspecified atom stereocenters. The third-order valence-corrected chi connectivity index (χ3v) is 1.62. The number of aliphatic carboxylic acids is 1. The minimum Gasteiger partial charge on any atom is -0.478 e. The lowest BCUT2D eigenvalue weighted by Gasteiger charge is -2.06. The minimum absolute atomic E-state index is 0.107. The second kappa shape index (κ2) is 6.43. The Kier molecular flexibility index (Phi) is 5.56. The van der Waals surface area contributed by atoms with Crippen molar-refractivity contribution >= 4 is 18.1 Å². The van der Waals surface area contributed by atoms with E-state index in [2.05, 4.69) is 9.98 Å². The van der Waals surface area contributed by atoms with E-state index in [1.54, 1.807) is 0 Å². The van der Waals surface area contributed by atoms with Crippen LogP contribution in [0.1, 0.15) is 13.8 Å². The average molecular weight is 210 g/mol. The van der Waals surface area contributed by atoms with E-state index in [4.69, 9.17) is 5.11 Å². The van der Waals surface area contributed by atoms with Gasteiger partial charge in [-0.1, -0.05) is 0 Å². The van der Waals surface area contributed by atoms with Gasteiger partial charge in [0.1, 0.15) is 0 Å². The lowest BCUT2D eigenvalue weighted by Crippen LogP contribution is -2.14. The van der Waals surface area contributed by atoms with Crippen LogP contribution in [0.4, 0.5) is 0 Å². The highest BCUT2D eigenvalue weighted by atomic mass is 16.4. The van der Waals surface area contributed by atoms with E-state index in [0.29, 0.717) is 0 Å². The second-order valence-electron chi connectivity index (χ2n) is 2.78. The Labute approximate surface area is 86.0 Å². The van der Waals surface area contributed by atoms with Crippen molar-refractivity contribution in [3.8, 4) is 0 Å². The molecule has 0 amide bonds. The molecule has 6 heteroatoms. The number of nitrogens with zero attached hydrogens (tertiary/aromatic N) is 2. The van der Waals surface area contributed by atoms with Crippen molar-refractivity contribution in [1.82, 2.24) is 0 Å². The fraction of sp³-hybridized carbons (Fsp3) is 0.444. The highest BCUT2D eigenvalue weighted by Crippen LogP contribution is 2.08. The van der Waals surface area contributed by atoms with Crippen molar-refractivity contribution < 1.29 is 19.5 Å². The zero-order valence-corrected chi connectivity index (χ0v) is 8.30. The standard InChI is InChI=1S/C9H10N2O4/c1-6(10-4-12)3-8(9(14)15)7(2)11-5-13/h3,6-7H,1-2H3,(H,14,15). The predicted octanol–water partition coefficient (Wildman–Crippen LogP) is 0.446. The SMILES string of the molecule is CC(C=C(C(=O)O)C(C)N=C=O)N=C=O. The molecule has 1 N–H and O–H groups in total. The number of carbonyl (C=O) groups excluding carboxylic acids is 2. The third kappa shape index (κ3) is 4.67. The molecule has 0 radical (unpaired) electrons. The van der Waals surface area contributed by atoms with Crippen molar-refractivity contribution in [3.05, 3.63) is 11.6 Å². The molecule has 0 aromatic carbocycles. The second-order valence-corrected chi connectivity index (χ2v) is 2.78. The Hall–Kier alpha value is -2.03. The van der Waals surface area contributed by atoms with Crippen molar-refractivity contribution in [3.63, 3.8) is 0 Å². The van der Waals surface area contributed by atoms with Crippen LogP contribution < -0.4 is 0 Å². The summed E-state index contributed by atoms with van der Waals surface area (Å²) >= 11 is 0. The van der Waals surface area contributed by atoms with Crippen LogP contribution in [-0.2, 0) is 14.4 Å². The first kappa shape index (κ1) is 13.0. The Morgan fingerprint density at radius 3 is 2.20 bits per heavy atom. The van der Waals surface area contributed by atoms with Crippen LogP contribution in [0.2, 0.25) is 0 Å². The van der Waals surface area contributed by atoms with Crippen molar-refractivity contribution in [2.24, 2.45) is 9.98 Å². The van der Waals surface area contributed by atoms with Crippen molar-refractivity contribution in [2.75, 3.05) is 0 Å². The molecule has 0 spiro atoms. The number of hydrogen-bond acceptors (Lipinski definition) is 5. The number of carboxylic acid groups (broad SMARTS) is 1. The monoisotopic (exact) mass is 210 g/mol. The summed E-state index contributed by atoms with van der Waals surface area (Å²) in [5, 5.41) is 8.79. The molecular formula is C9H10N2O4. The van der Waals surface area contributed by atoms with Gasteiger partial charge in [0, 0.05) is 0 Å². The summed E-state index contributed by atoms with van der Waals surface area (Å²) in [6, 6.07) is -1.43. The van der Waals surface area contributed by atoms with Crippen LogP contribution in [0.5, 0.6) is 0 Å². The first-order chi connectivity index (χ1) is 7.02. The van der Waals surface area contributed by atoms with Gasteiger partial charge in [-0.05, 0) is 19.9 Å². The normalized spacial score (nSPS) is 14.4. The Morgan fingerprint density at radius 1 is 1.27 bits per heavy atom. The maximum absolute atomic E-state index is 10.8. The van der Waals surface area contributed by atoms with Gasteiger partial charge in [-0.2, -0.15) is 9.98 Å². The van der Waals surface area contributed by atoms with Gasteiger partial charge in [-0.25, -0.2) is 14.4 Å². The van der Waals surface area contributed by atoms with Gasteiger partial charge in [0.15, 0.2) is 0 Å². The summed E-state index contributed by atoms with van der Waals surface area (Å²) in [6.45, 7) is 2.95. The van der Waals surface area contributed by atoms with E-state index in [0.717, 1.165) is 0 Å². The lowest BCUT2D eigenvalue weighted by atomic mass is 10.1. The molecule has 80 valence electrons. The summed E-state index contributed by atoms with van der Waals surface area (Å²) in [5.74, 6) is -1.21. The van der Waals surface area contributed by atoms with Gasteiger partial charge in [0.2, 0.25) is 12.2 Å². The van der Waals surface area contributed by atoms with E-state index < -0.39 is 18.1 Å². The summed E-state index contributed by atoms with van der Waals surface area (Å²) in [6.07, 6.45) is 3.82. The molecule has 0 aliphatic heterocycles. The molecule has 0 aliphatic carbocycles. The largest absolute Gasteiger partial charge is 0.478 e. The van der Waals surface area contributed by atoms with Crippen LogP contribution in [0.15, 0.2) is 21.6 Å². The molecule has 0 fully saturated rings. The highest BCUT2D eigenvalue weighted by Gasteiger charge is 2.16. The fourth-order valence-electron chi connectivity index (χ4n) is 0.918. The van der Waals surface area contributed by atoms with Gasteiger partial charge in [-0.3, -0.25) is 0 Å². The molecule has 15 heavy (non-hydrogen) atoms. The van der Waals surface area contributed by atoms with Gasteiger partial charge in [-0.15, -0.1) is 0 Å². The molecule has 0 rings (SSSR count). The number of isocyanates is 2. The summed E-state index contributed by atoms with van der Waals surface area (Å²) in [5.41, 5.74) is -0.107. The average Bonchev–Trinajstić information content (AvgIpc) is 2.14. The topological polar surface area (TPSA) is 96.2 Å². The van der Waals surface area contributed by atoms with Crippen molar-refractivity contribution in [2.45, 2.75) is 25.9 Å². The Balaban J connectivity index is 5.03. The summed E-state index contributed by atoms with van der Waals surface area (Å²) in [4.78, 5) is 37.2. The number of carbonyl (C=O) groups is 1. The number of hydrogen-bond donors (Lipinski definition) is 1. The van der Waals surface area contributed by atoms with E-state index in [1.807, 2.05) is 0 Å². The van der Waals surface area contributed by atoms with Gasteiger partial charge in [0.05, 0.1) is 17.7 Å². The Bertz CT molecular complexity index is 362. The molecule has 2 atom stereocenters.